The van der Waals surface area contributed by atoms with Crippen LogP contribution in [0.2, 0.25) is 0 Å². The molecule has 0 unspecified atom stereocenters. The van der Waals surface area contributed by atoms with Crippen LogP contribution in [0, 0.1) is 0 Å². The number of furan rings is 1. The molecule has 0 fully saturated rings. The van der Waals surface area contributed by atoms with E-state index < -0.39 is 0 Å². The van der Waals surface area contributed by atoms with Crippen molar-refractivity contribution in [3.63, 3.8) is 0 Å². The summed E-state index contributed by atoms with van der Waals surface area (Å²) >= 11 is 0. The van der Waals surface area contributed by atoms with Crippen LogP contribution in [0.5, 0.6) is 0 Å². The molecule has 0 aliphatic carbocycles. The first-order valence-corrected chi connectivity index (χ1v) is 16.1. The lowest BCUT2D eigenvalue weighted by Gasteiger charge is -2.25. The van der Waals surface area contributed by atoms with E-state index >= 15 is 0 Å². The molecule has 48 heavy (non-hydrogen) atoms. The monoisotopic (exact) mass is 617 g/mol. The average Bonchev–Trinajstić information content (AvgIpc) is 3.85. The molecule has 0 saturated carbocycles. The van der Waals surface area contributed by atoms with Crippen LogP contribution in [-0.4, -0.2) is 9.55 Å². The molecule has 226 valence electrons. The van der Waals surface area contributed by atoms with Gasteiger partial charge < -0.3 is 18.3 Å². The van der Waals surface area contributed by atoms with Gasteiger partial charge in [0.25, 0.3) is 0 Å². The van der Waals surface area contributed by atoms with Crippen LogP contribution in [0.3, 0.4) is 0 Å². The number of oxazole rings is 1. The van der Waals surface area contributed by atoms with Gasteiger partial charge in [-0.25, -0.2) is 4.98 Å². The summed E-state index contributed by atoms with van der Waals surface area (Å²) in [6.07, 6.45) is 0. The topological polar surface area (TPSA) is 47.3 Å². The molecule has 0 bridgehead atoms. The normalized spacial score (nSPS) is 11.8. The second kappa shape index (κ2) is 10.5. The maximum atomic E-state index is 6.72. The van der Waals surface area contributed by atoms with Gasteiger partial charge in [-0.2, -0.15) is 0 Å². The Morgan fingerprint density at radius 2 is 1.17 bits per heavy atom. The fourth-order valence-corrected chi connectivity index (χ4v) is 7.09. The standard InChI is InChI=1S/C43H27N3O2/c1-4-14-28(15-5-1)43-44-35-27-38(42-40(41(35)48-43)33-21-11-13-23-39(33)47-42)45(29-16-6-2-7-17-29)31-24-25-37-34(26-31)32-20-10-12-22-36(32)46(37)30-18-8-3-9-19-30/h1-27H. The third kappa shape index (κ3) is 4.01. The number of para-hydroxylation sites is 4. The Morgan fingerprint density at radius 1 is 0.500 bits per heavy atom. The van der Waals surface area contributed by atoms with Crippen LogP contribution in [0.4, 0.5) is 17.1 Å². The lowest BCUT2D eigenvalue weighted by Crippen LogP contribution is -2.10. The highest BCUT2D eigenvalue weighted by Gasteiger charge is 2.25. The summed E-state index contributed by atoms with van der Waals surface area (Å²) in [4.78, 5) is 7.31. The van der Waals surface area contributed by atoms with Gasteiger partial charge in [0.1, 0.15) is 11.1 Å². The lowest BCUT2D eigenvalue weighted by molar-refractivity contribution is 0.622. The molecule has 3 aromatic heterocycles. The molecule has 0 aliphatic rings. The molecule has 0 radical (unpaired) electrons. The number of hydrogen-bond donors (Lipinski definition) is 0. The van der Waals surface area contributed by atoms with E-state index in [0.29, 0.717) is 11.5 Å². The summed E-state index contributed by atoms with van der Waals surface area (Å²) in [6, 6.07) is 56.6. The van der Waals surface area contributed by atoms with Gasteiger partial charge in [-0.05, 0) is 72.8 Å². The fraction of sp³-hybridized carbons (Fsp3) is 0. The number of aromatic nitrogens is 2. The zero-order valence-corrected chi connectivity index (χ0v) is 25.7. The molecule has 0 aliphatic heterocycles. The number of fused-ring (bicyclic) bond motifs is 8. The summed E-state index contributed by atoms with van der Waals surface area (Å²) in [5.41, 5.74) is 10.3. The van der Waals surface area contributed by atoms with Crippen molar-refractivity contribution in [1.82, 2.24) is 9.55 Å². The van der Waals surface area contributed by atoms with E-state index in [2.05, 4.69) is 119 Å². The summed E-state index contributed by atoms with van der Waals surface area (Å²) < 4.78 is 15.6. The van der Waals surface area contributed by atoms with Gasteiger partial charge in [0, 0.05) is 38.8 Å². The Hall–Kier alpha value is -6.59. The quantitative estimate of drug-likeness (QED) is 0.193. The molecule has 10 rings (SSSR count). The predicted octanol–water partition coefficient (Wildman–Crippen LogP) is 12.0. The predicted molar refractivity (Wildman–Crippen MR) is 196 cm³/mol. The van der Waals surface area contributed by atoms with Gasteiger partial charge in [0.05, 0.1) is 22.1 Å². The van der Waals surface area contributed by atoms with Crippen molar-refractivity contribution in [2.75, 3.05) is 4.90 Å². The lowest BCUT2D eigenvalue weighted by atomic mass is 10.1. The van der Waals surface area contributed by atoms with Crippen LogP contribution in [0.25, 0.3) is 72.0 Å². The Balaban J connectivity index is 1.28. The van der Waals surface area contributed by atoms with E-state index in [4.69, 9.17) is 13.8 Å². The summed E-state index contributed by atoms with van der Waals surface area (Å²) in [7, 11) is 0. The Kier molecular flexibility index (Phi) is 5.81. The van der Waals surface area contributed by atoms with Gasteiger partial charge >= 0.3 is 0 Å². The van der Waals surface area contributed by atoms with E-state index in [1.54, 1.807) is 0 Å². The number of anilines is 3. The van der Waals surface area contributed by atoms with Crippen LogP contribution in [0.15, 0.2) is 173 Å². The minimum atomic E-state index is 0.579. The molecule has 5 heteroatoms. The molecule has 10 aromatic rings. The van der Waals surface area contributed by atoms with E-state index in [9.17, 15) is 0 Å². The van der Waals surface area contributed by atoms with Crippen molar-refractivity contribution in [3.05, 3.63) is 164 Å². The smallest absolute Gasteiger partial charge is 0.227 e. The van der Waals surface area contributed by atoms with Gasteiger partial charge in [-0.3, -0.25) is 0 Å². The van der Waals surface area contributed by atoms with Crippen LogP contribution < -0.4 is 4.90 Å². The van der Waals surface area contributed by atoms with E-state index in [1.165, 1.54) is 16.3 Å². The second-order valence-corrected chi connectivity index (χ2v) is 12.0. The average molecular weight is 618 g/mol. The first-order chi connectivity index (χ1) is 23.8. The molecule has 3 heterocycles. The van der Waals surface area contributed by atoms with Crippen molar-refractivity contribution >= 4 is 71.9 Å². The van der Waals surface area contributed by atoms with Crippen molar-refractivity contribution in [2.45, 2.75) is 0 Å². The highest BCUT2D eigenvalue weighted by Crippen LogP contribution is 2.47. The zero-order chi connectivity index (χ0) is 31.6. The summed E-state index contributed by atoms with van der Waals surface area (Å²) in [5, 5.41) is 4.27. The summed E-state index contributed by atoms with van der Waals surface area (Å²) in [6.45, 7) is 0. The number of rotatable bonds is 5. The third-order valence-corrected chi connectivity index (χ3v) is 9.19. The van der Waals surface area contributed by atoms with Gasteiger partial charge in [0.15, 0.2) is 11.2 Å². The molecule has 5 nitrogen and oxygen atoms in total. The minimum absolute atomic E-state index is 0.579. The molecule has 7 aromatic carbocycles. The van der Waals surface area contributed by atoms with Gasteiger partial charge in [-0.1, -0.05) is 91.0 Å². The maximum absolute atomic E-state index is 6.72. The van der Waals surface area contributed by atoms with Crippen LogP contribution >= 0.6 is 0 Å². The first kappa shape index (κ1) is 26.6. The summed E-state index contributed by atoms with van der Waals surface area (Å²) in [5.74, 6) is 0.579. The van der Waals surface area contributed by atoms with Crippen LogP contribution in [-0.2, 0) is 0 Å². The number of nitrogens with zero attached hydrogens (tertiary/aromatic N) is 3. The number of benzene rings is 7. The number of hydrogen-bond acceptors (Lipinski definition) is 4. The maximum Gasteiger partial charge on any atom is 0.227 e. The SMILES string of the molecule is c1ccc(-c2nc3cc(N(c4ccccc4)c4ccc5c(c4)c4ccccc4n5-c4ccccc4)c4oc5ccccc5c4c3o2)cc1. The van der Waals surface area contributed by atoms with E-state index in [0.717, 1.165) is 61.3 Å². The van der Waals surface area contributed by atoms with Crippen molar-refractivity contribution in [2.24, 2.45) is 0 Å². The fourth-order valence-electron chi connectivity index (χ4n) is 7.09. The Bertz CT molecular complexity index is 2780. The first-order valence-electron chi connectivity index (χ1n) is 16.1. The zero-order valence-electron chi connectivity index (χ0n) is 25.7. The second-order valence-electron chi connectivity index (χ2n) is 12.0. The molecule has 0 spiro atoms. The minimum Gasteiger partial charge on any atom is -0.454 e. The Morgan fingerprint density at radius 3 is 1.98 bits per heavy atom. The van der Waals surface area contributed by atoms with Gasteiger partial charge in [0.2, 0.25) is 5.89 Å². The molecule has 0 amide bonds. The van der Waals surface area contributed by atoms with E-state index in [1.807, 2.05) is 54.6 Å². The molecule has 0 saturated heterocycles. The van der Waals surface area contributed by atoms with E-state index in [-0.39, 0.29) is 0 Å². The molecule has 0 N–H and O–H groups in total. The third-order valence-electron chi connectivity index (χ3n) is 9.19. The highest BCUT2D eigenvalue weighted by molar-refractivity contribution is 6.21. The molecule has 0 atom stereocenters. The molecular formula is C43H27N3O2. The molecular weight excluding hydrogens is 590 g/mol. The van der Waals surface area contributed by atoms with Gasteiger partial charge in [-0.15, -0.1) is 0 Å². The van der Waals surface area contributed by atoms with Crippen molar-refractivity contribution in [3.8, 4) is 17.1 Å². The van der Waals surface area contributed by atoms with Crippen molar-refractivity contribution in [1.29, 1.82) is 0 Å². The van der Waals surface area contributed by atoms with Crippen LogP contribution in [0.1, 0.15) is 0 Å². The largest absolute Gasteiger partial charge is 0.454 e. The highest BCUT2D eigenvalue weighted by atomic mass is 16.4. The Labute approximate surface area is 275 Å². The van der Waals surface area contributed by atoms with Crippen molar-refractivity contribution < 1.29 is 8.83 Å².